The summed E-state index contributed by atoms with van der Waals surface area (Å²) >= 11 is 12.2. The van der Waals surface area contributed by atoms with Gasteiger partial charge in [-0.05, 0) is 69.7 Å². The molecule has 0 aliphatic carbocycles. The molecule has 0 saturated heterocycles. The lowest BCUT2D eigenvalue weighted by Crippen LogP contribution is -2.46. The van der Waals surface area contributed by atoms with E-state index < -0.39 is 0 Å². The van der Waals surface area contributed by atoms with Crippen LogP contribution in [0.3, 0.4) is 0 Å². The number of aryl methyl sites for hydroxylation is 3. The van der Waals surface area contributed by atoms with Crippen LogP contribution in [0, 0.1) is 13.8 Å². The van der Waals surface area contributed by atoms with E-state index in [-0.39, 0.29) is 24.1 Å². The van der Waals surface area contributed by atoms with Crippen LogP contribution in [0.25, 0.3) is 22.7 Å². The summed E-state index contributed by atoms with van der Waals surface area (Å²) in [5, 5.41) is 5.32. The van der Waals surface area contributed by atoms with Crippen LogP contribution in [-0.4, -0.2) is 45.7 Å². The molecule has 0 saturated carbocycles. The number of amides is 1. The van der Waals surface area contributed by atoms with E-state index in [0.29, 0.717) is 44.9 Å². The first kappa shape index (κ1) is 25.3. The standard InChI is InChI=1S/C28H25Cl2N7O2/c1-15-9-17(3)37(33-15)28-32-24-13-35(26(38)18-5-7-21(29)22(30)11-18)16(2)10-20(24)27(39)36(28)19-6-8-25-23(12-19)31-14-34(25)4/h5-9,11-12,14,16H,10,13H2,1-4H3. The van der Waals surface area contributed by atoms with Crippen LogP contribution in [0.4, 0.5) is 0 Å². The topological polar surface area (TPSA) is 90.8 Å². The molecule has 1 amide bonds. The zero-order valence-corrected chi connectivity index (χ0v) is 23.3. The van der Waals surface area contributed by atoms with Crippen molar-refractivity contribution in [2.75, 3.05) is 0 Å². The average Bonchev–Trinajstić information content (AvgIpc) is 3.45. The SMILES string of the molecule is Cc1cc(C)n(-c2nc3c(c(=O)n2-c2ccc4c(c2)ncn4C)CC(C)N(C(=O)c2ccc(Cl)c(Cl)c2)C3)n1. The molecule has 1 atom stereocenters. The van der Waals surface area contributed by atoms with Crippen LogP contribution in [0.15, 0.2) is 53.6 Å². The van der Waals surface area contributed by atoms with E-state index in [9.17, 15) is 9.59 Å². The van der Waals surface area contributed by atoms with E-state index >= 15 is 0 Å². The van der Waals surface area contributed by atoms with Gasteiger partial charge in [0.05, 0.1) is 51.0 Å². The highest BCUT2D eigenvalue weighted by Crippen LogP contribution is 2.28. The highest BCUT2D eigenvalue weighted by atomic mass is 35.5. The van der Waals surface area contributed by atoms with Gasteiger partial charge in [-0.15, -0.1) is 0 Å². The van der Waals surface area contributed by atoms with Crippen molar-refractivity contribution in [2.24, 2.45) is 7.05 Å². The largest absolute Gasteiger partial charge is 0.334 e. The van der Waals surface area contributed by atoms with E-state index in [4.69, 9.17) is 28.2 Å². The number of halogens is 2. The molecule has 0 bridgehead atoms. The Kier molecular flexibility index (Phi) is 6.08. The summed E-state index contributed by atoms with van der Waals surface area (Å²) in [5.74, 6) is 0.155. The molecule has 1 aliphatic heterocycles. The zero-order valence-electron chi connectivity index (χ0n) is 21.8. The quantitative estimate of drug-likeness (QED) is 0.315. The molecule has 1 aliphatic rings. The van der Waals surface area contributed by atoms with E-state index in [1.54, 1.807) is 38.7 Å². The molecule has 39 heavy (non-hydrogen) atoms. The van der Waals surface area contributed by atoms with Gasteiger partial charge in [-0.2, -0.15) is 5.10 Å². The number of hydrogen-bond acceptors (Lipinski definition) is 5. The Morgan fingerprint density at radius 2 is 1.85 bits per heavy atom. The third kappa shape index (κ3) is 4.22. The highest BCUT2D eigenvalue weighted by Gasteiger charge is 2.32. The number of imidazole rings is 1. The van der Waals surface area contributed by atoms with Crippen molar-refractivity contribution in [3.8, 4) is 11.6 Å². The summed E-state index contributed by atoms with van der Waals surface area (Å²) in [4.78, 5) is 38.8. The lowest BCUT2D eigenvalue weighted by Gasteiger charge is -2.34. The Hall–Kier alpha value is -3.95. The van der Waals surface area contributed by atoms with Gasteiger partial charge in [0.15, 0.2) is 0 Å². The fourth-order valence-electron chi connectivity index (χ4n) is 5.18. The fraction of sp³-hybridized carbons (Fsp3) is 0.250. The number of fused-ring (bicyclic) bond motifs is 2. The maximum absolute atomic E-state index is 14.2. The maximum atomic E-state index is 14.2. The second-order valence-corrected chi connectivity index (χ2v) is 10.8. The molecular formula is C28H25Cl2N7O2. The predicted molar refractivity (Wildman–Crippen MR) is 150 cm³/mol. The van der Waals surface area contributed by atoms with Crippen molar-refractivity contribution in [3.05, 3.63) is 97.4 Å². The fourth-order valence-corrected chi connectivity index (χ4v) is 5.48. The Bertz CT molecular complexity index is 1850. The second kappa shape index (κ2) is 9.36. The molecule has 11 heteroatoms. The van der Waals surface area contributed by atoms with E-state index in [1.165, 1.54) is 0 Å². The summed E-state index contributed by atoms with van der Waals surface area (Å²) in [5.41, 5.74) is 5.36. The van der Waals surface area contributed by atoms with E-state index in [0.717, 1.165) is 22.4 Å². The van der Waals surface area contributed by atoms with Crippen LogP contribution in [0.2, 0.25) is 10.0 Å². The lowest BCUT2D eigenvalue weighted by molar-refractivity contribution is 0.0653. The van der Waals surface area contributed by atoms with E-state index in [2.05, 4.69) is 10.1 Å². The molecular weight excluding hydrogens is 537 g/mol. The molecule has 0 N–H and O–H groups in total. The normalized spacial score (nSPS) is 15.1. The van der Waals surface area contributed by atoms with Crippen LogP contribution in [-0.2, 0) is 20.0 Å². The second-order valence-electron chi connectivity index (χ2n) is 9.96. The third-order valence-corrected chi connectivity index (χ3v) is 7.93. The van der Waals surface area contributed by atoms with Crippen molar-refractivity contribution in [2.45, 2.75) is 39.8 Å². The van der Waals surface area contributed by atoms with Gasteiger partial charge in [-0.25, -0.2) is 19.2 Å². The smallest absolute Gasteiger partial charge is 0.263 e. The summed E-state index contributed by atoms with van der Waals surface area (Å²) in [7, 11) is 1.93. The minimum Gasteiger partial charge on any atom is -0.334 e. The van der Waals surface area contributed by atoms with Gasteiger partial charge in [-0.3, -0.25) is 9.59 Å². The summed E-state index contributed by atoms with van der Waals surface area (Å²) < 4.78 is 5.19. The monoisotopic (exact) mass is 561 g/mol. The van der Waals surface area contributed by atoms with Crippen molar-refractivity contribution >= 4 is 40.1 Å². The minimum absolute atomic E-state index is 0.178. The number of aromatic nitrogens is 6. The first-order valence-electron chi connectivity index (χ1n) is 12.5. The molecule has 4 heterocycles. The number of rotatable bonds is 3. The Morgan fingerprint density at radius 3 is 2.56 bits per heavy atom. The molecule has 2 aromatic carbocycles. The van der Waals surface area contributed by atoms with Gasteiger partial charge >= 0.3 is 0 Å². The molecule has 0 radical (unpaired) electrons. The van der Waals surface area contributed by atoms with Gasteiger partial charge in [-0.1, -0.05) is 23.2 Å². The Labute approximate surface area is 234 Å². The number of carbonyl (C=O) groups is 1. The van der Waals surface area contributed by atoms with Crippen LogP contribution < -0.4 is 5.56 Å². The summed E-state index contributed by atoms with van der Waals surface area (Å²) in [6.07, 6.45) is 2.10. The molecule has 198 valence electrons. The van der Waals surface area contributed by atoms with Gasteiger partial charge in [0.25, 0.3) is 11.5 Å². The molecule has 0 fully saturated rings. The first-order chi connectivity index (χ1) is 18.6. The summed E-state index contributed by atoms with van der Waals surface area (Å²) in [6, 6.07) is 12.2. The molecule has 1 unspecified atom stereocenters. The van der Waals surface area contributed by atoms with Crippen molar-refractivity contribution in [3.63, 3.8) is 0 Å². The number of nitrogens with zero attached hydrogens (tertiary/aromatic N) is 7. The molecule has 9 nitrogen and oxygen atoms in total. The van der Waals surface area contributed by atoms with Gasteiger partial charge in [0, 0.05) is 29.9 Å². The van der Waals surface area contributed by atoms with Crippen LogP contribution >= 0.6 is 23.2 Å². The van der Waals surface area contributed by atoms with Gasteiger partial charge < -0.3 is 9.47 Å². The molecule has 3 aromatic heterocycles. The summed E-state index contributed by atoms with van der Waals surface area (Å²) in [6.45, 7) is 5.91. The molecule has 5 aromatic rings. The van der Waals surface area contributed by atoms with Gasteiger partial charge in [0.2, 0.25) is 5.95 Å². The number of carbonyl (C=O) groups excluding carboxylic acids is 1. The van der Waals surface area contributed by atoms with Crippen molar-refractivity contribution < 1.29 is 4.79 Å². The Morgan fingerprint density at radius 1 is 1.05 bits per heavy atom. The number of benzene rings is 2. The van der Waals surface area contributed by atoms with Gasteiger partial charge in [0.1, 0.15) is 0 Å². The maximum Gasteiger partial charge on any atom is 0.263 e. The Balaban J connectivity index is 1.51. The zero-order chi connectivity index (χ0) is 27.6. The minimum atomic E-state index is -0.236. The van der Waals surface area contributed by atoms with Crippen molar-refractivity contribution in [1.82, 2.24) is 33.8 Å². The first-order valence-corrected chi connectivity index (χ1v) is 13.2. The van der Waals surface area contributed by atoms with Crippen molar-refractivity contribution in [1.29, 1.82) is 0 Å². The molecule has 6 rings (SSSR count). The lowest BCUT2D eigenvalue weighted by atomic mass is 9.98. The van der Waals surface area contributed by atoms with Crippen LogP contribution in [0.1, 0.15) is 39.9 Å². The number of hydrogen-bond donors (Lipinski definition) is 0. The molecule has 0 spiro atoms. The van der Waals surface area contributed by atoms with Crippen LogP contribution in [0.5, 0.6) is 0 Å². The van der Waals surface area contributed by atoms with E-state index in [1.807, 2.05) is 56.7 Å². The predicted octanol–water partition coefficient (Wildman–Crippen LogP) is 4.82. The highest BCUT2D eigenvalue weighted by molar-refractivity contribution is 6.42. The average molecular weight is 562 g/mol. The third-order valence-electron chi connectivity index (χ3n) is 7.19.